The number of pyridine rings is 1. The lowest BCUT2D eigenvalue weighted by Gasteiger charge is -2.40. The number of nitrogens with zero attached hydrogens (tertiary/aromatic N) is 2. The van der Waals surface area contributed by atoms with E-state index in [1.54, 1.807) is 12.1 Å². The summed E-state index contributed by atoms with van der Waals surface area (Å²) in [5, 5.41) is 3.28. The third-order valence-corrected chi connectivity index (χ3v) is 3.74. The zero-order chi connectivity index (χ0) is 14.6. The van der Waals surface area contributed by atoms with Crippen molar-refractivity contribution in [1.29, 1.82) is 0 Å². The summed E-state index contributed by atoms with van der Waals surface area (Å²) in [6, 6.07) is 3.22. The zero-order valence-electron chi connectivity index (χ0n) is 11.9. The Balaban J connectivity index is 1.91. The highest BCUT2D eigenvalue weighted by Crippen LogP contribution is 2.15. The highest BCUT2D eigenvalue weighted by atomic mass is 35.5. The van der Waals surface area contributed by atoms with Crippen LogP contribution in [0.2, 0.25) is 5.15 Å². The Morgan fingerprint density at radius 3 is 2.85 bits per heavy atom. The van der Waals surface area contributed by atoms with Gasteiger partial charge in [0.25, 0.3) is 5.91 Å². The molecule has 2 rings (SSSR count). The van der Waals surface area contributed by atoms with Gasteiger partial charge in [0.15, 0.2) is 0 Å². The normalized spacial score (nSPS) is 16.9. The number of rotatable bonds is 4. The predicted molar refractivity (Wildman–Crippen MR) is 78.1 cm³/mol. The maximum atomic E-state index is 12.1. The van der Waals surface area contributed by atoms with Gasteiger partial charge in [0.1, 0.15) is 5.15 Å². The van der Waals surface area contributed by atoms with Crippen LogP contribution in [0.5, 0.6) is 0 Å². The molecule has 1 aromatic heterocycles. The van der Waals surface area contributed by atoms with E-state index in [4.69, 9.17) is 16.3 Å². The number of carbonyl (C=O) groups is 1. The lowest BCUT2D eigenvalue weighted by atomic mass is 10.0. The van der Waals surface area contributed by atoms with Crippen molar-refractivity contribution >= 4 is 17.5 Å². The van der Waals surface area contributed by atoms with Crippen LogP contribution in [-0.4, -0.2) is 54.2 Å². The highest BCUT2D eigenvalue weighted by Gasteiger charge is 2.28. The maximum absolute atomic E-state index is 12.1. The Kier molecular flexibility index (Phi) is 4.96. The minimum Gasteiger partial charge on any atom is -0.379 e. The molecule has 1 aromatic rings. The summed E-state index contributed by atoms with van der Waals surface area (Å²) in [4.78, 5) is 18.3. The SMILES string of the molecule is CC(C)(CNC(=O)c1ccnc(Cl)c1)N1CCOCC1. The molecule has 2 heterocycles. The highest BCUT2D eigenvalue weighted by molar-refractivity contribution is 6.29. The van der Waals surface area contributed by atoms with Crippen molar-refractivity contribution < 1.29 is 9.53 Å². The number of aromatic nitrogens is 1. The Morgan fingerprint density at radius 1 is 1.50 bits per heavy atom. The molecular weight excluding hydrogens is 278 g/mol. The first-order valence-corrected chi connectivity index (χ1v) is 7.09. The number of carbonyl (C=O) groups excluding carboxylic acids is 1. The number of halogens is 1. The molecule has 0 atom stereocenters. The standard InChI is InChI=1S/C14H20ClN3O2/c1-14(2,18-5-7-20-8-6-18)10-17-13(19)11-3-4-16-12(15)9-11/h3-4,9H,5-8,10H2,1-2H3,(H,17,19). The number of hydrogen-bond acceptors (Lipinski definition) is 4. The molecule has 1 amide bonds. The Hall–Kier alpha value is -1.17. The summed E-state index contributed by atoms with van der Waals surface area (Å²) in [5.74, 6) is -0.129. The van der Waals surface area contributed by atoms with E-state index in [1.807, 2.05) is 0 Å². The number of amides is 1. The van der Waals surface area contributed by atoms with Gasteiger partial charge in [-0.3, -0.25) is 9.69 Å². The molecule has 1 aliphatic heterocycles. The van der Waals surface area contributed by atoms with Crippen LogP contribution >= 0.6 is 11.6 Å². The van der Waals surface area contributed by atoms with E-state index in [-0.39, 0.29) is 11.4 Å². The lowest BCUT2D eigenvalue weighted by Crippen LogP contribution is -2.55. The van der Waals surface area contributed by atoms with E-state index in [0.29, 0.717) is 17.3 Å². The van der Waals surface area contributed by atoms with Crippen LogP contribution in [0.3, 0.4) is 0 Å². The Morgan fingerprint density at radius 2 is 2.20 bits per heavy atom. The molecule has 0 spiro atoms. The van der Waals surface area contributed by atoms with Gasteiger partial charge in [-0.05, 0) is 26.0 Å². The minimum atomic E-state index is -0.129. The van der Waals surface area contributed by atoms with Gasteiger partial charge in [-0.1, -0.05) is 11.6 Å². The zero-order valence-corrected chi connectivity index (χ0v) is 12.6. The van der Waals surface area contributed by atoms with Crippen LogP contribution in [0.15, 0.2) is 18.3 Å². The topological polar surface area (TPSA) is 54.5 Å². The molecule has 1 aliphatic rings. The van der Waals surface area contributed by atoms with Crippen molar-refractivity contribution in [2.45, 2.75) is 19.4 Å². The summed E-state index contributed by atoms with van der Waals surface area (Å²) in [7, 11) is 0. The maximum Gasteiger partial charge on any atom is 0.251 e. The first-order valence-electron chi connectivity index (χ1n) is 6.71. The Labute approximate surface area is 124 Å². The molecule has 1 saturated heterocycles. The van der Waals surface area contributed by atoms with Crippen LogP contribution in [0.1, 0.15) is 24.2 Å². The molecule has 0 aromatic carbocycles. The fraction of sp³-hybridized carbons (Fsp3) is 0.571. The molecular formula is C14H20ClN3O2. The van der Waals surface area contributed by atoms with Crippen LogP contribution in [0.4, 0.5) is 0 Å². The first-order chi connectivity index (χ1) is 9.49. The van der Waals surface area contributed by atoms with Gasteiger partial charge in [-0.25, -0.2) is 4.98 Å². The van der Waals surface area contributed by atoms with Crippen molar-refractivity contribution in [2.24, 2.45) is 0 Å². The minimum absolute atomic E-state index is 0.101. The monoisotopic (exact) mass is 297 g/mol. The first kappa shape index (κ1) is 15.2. The summed E-state index contributed by atoms with van der Waals surface area (Å²) in [5.41, 5.74) is 0.429. The number of morpholine rings is 1. The molecule has 0 aliphatic carbocycles. The van der Waals surface area contributed by atoms with E-state index in [0.717, 1.165) is 26.3 Å². The smallest absolute Gasteiger partial charge is 0.251 e. The molecule has 1 N–H and O–H groups in total. The van der Waals surface area contributed by atoms with Crippen molar-refractivity contribution in [2.75, 3.05) is 32.8 Å². The lowest BCUT2D eigenvalue weighted by molar-refractivity contribution is -0.00923. The van der Waals surface area contributed by atoms with Gasteiger partial charge in [-0.2, -0.15) is 0 Å². The van der Waals surface area contributed by atoms with E-state index in [9.17, 15) is 4.79 Å². The quantitative estimate of drug-likeness (QED) is 0.857. The molecule has 6 heteroatoms. The van der Waals surface area contributed by atoms with Gasteiger partial charge in [0.2, 0.25) is 0 Å². The van der Waals surface area contributed by atoms with Gasteiger partial charge in [0.05, 0.1) is 13.2 Å². The van der Waals surface area contributed by atoms with Gasteiger partial charge in [0, 0.05) is 36.9 Å². The Bertz CT molecular complexity index is 473. The average Bonchev–Trinajstić information content (AvgIpc) is 2.46. The van der Waals surface area contributed by atoms with E-state index in [1.165, 1.54) is 6.20 Å². The van der Waals surface area contributed by atoms with E-state index >= 15 is 0 Å². The van der Waals surface area contributed by atoms with Crippen LogP contribution < -0.4 is 5.32 Å². The predicted octanol–water partition coefficient (Wildman–Crippen LogP) is 1.58. The fourth-order valence-electron chi connectivity index (χ4n) is 2.22. The van der Waals surface area contributed by atoms with E-state index in [2.05, 4.69) is 29.0 Å². The summed E-state index contributed by atoms with van der Waals surface area (Å²) < 4.78 is 5.35. The van der Waals surface area contributed by atoms with Crippen molar-refractivity contribution in [1.82, 2.24) is 15.2 Å². The second-order valence-electron chi connectivity index (χ2n) is 5.46. The van der Waals surface area contributed by atoms with Crippen molar-refractivity contribution in [3.63, 3.8) is 0 Å². The molecule has 1 fully saturated rings. The molecule has 110 valence electrons. The largest absolute Gasteiger partial charge is 0.379 e. The number of hydrogen-bond donors (Lipinski definition) is 1. The summed E-state index contributed by atoms with van der Waals surface area (Å²) in [6.45, 7) is 8.10. The number of ether oxygens (including phenoxy) is 1. The van der Waals surface area contributed by atoms with Crippen LogP contribution in [0, 0.1) is 0 Å². The average molecular weight is 298 g/mol. The number of nitrogens with one attached hydrogen (secondary N) is 1. The van der Waals surface area contributed by atoms with Gasteiger partial charge >= 0.3 is 0 Å². The molecule has 20 heavy (non-hydrogen) atoms. The van der Waals surface area contributed by atoms with Gasteiger partial charge < -0.3 is 10.1 Å². The molecule has 0 radical (unpaired) electrons. The third kappa shape index (κ3) is 3.91. The van der Waals surface area contributed by atoms with Crippen LogP contribution in [0.25, 0.3) is 0 Å². The van der Waals surface area contributed by atoms with Gasteiger partial charge in [-0.15, -0.1) is 0 Å². The van der Waals surface area contributed by atoms with Crippen LogP contribution in [-0.2, 0) is 4.74 Å². The van der Waals surface area contributed by atoms with E-state index < -0.39 is 0 Å². The summed E-state index contributed by atoms with van der Waals surface area (Å²) in [6.07, 6.45) is 1.53. The second kappa shape index (κ2) is 6.52. The third-order valence-electron chi connectivity index (χ3n) is 3.54. The molecule has 0 unspecified atom stereocenters. The van der Waals surface area contributed by atoms with Crippen molar-refractivity contribution in [3.8, 4) is 0 Å². The molecule has 0 bridgehead atoms. The second-order valence-corrected chi connectivity index (χ2v) is 5.85. The fourth-order valence-corrected chi connectivity index (χ4v) is 2.40. The van der Waals surface area contributed by atoms with Crippen molar-refractivity contribution in [3.05, 3.63) is 29.0 Å². The molecule has 0 saturated carbocycles. The summed E-state index contributed by atoms with van der Waals surface area (Å²) >= 11 is 5.79. The molecule has 5 nitrogen and oxygen atoms in total.